The fraction of sp³-hybridized carbons (Fsp3) is 0.647. The Labute approximate surface area is 190 Å². The summed E-state index contributed by atoms with van der Waals surface area (Å²) in [5, 5.41) is 11.1. The number of halogens is 15. The van der Waals surface area contributed by atoms with Crippen molar-refractivity contribution >= 4 is 5.69 Å². The van der Waals surface area contributed by atoms with Crippen LogP contribution in [0.15, 0.2) is 24.3 Å². The van der Waals surface area contributed by atoms with Gasteiger partial charge in [0.15, 0.2) is 0 Å². The normalized spacial score (nSPS) is 16.6. The molecule has 0 amide bonds. The van der Waals surface area contributed by atoms with E-state index in [4.69, 9.17) is 0 Å². The zero-order chi connectivity index (χ0) is 29.0. The van der Waals surface area contributed by atoms with Crippen LogP contribution in [0.3, 0.4) is 0 Å². The highest BCUT2D eigenvalue weighted by Gasteiger charge is 2.93. The summed E-state index contributed by atoms with van der Waals surface area (Å²) in [7, 11) is 0.412. The second-order valence-electron chi connectivity index (χ2n) is 7.46. The fourth-order valence-corrected chi connectivity index (χ4v) is 2.89. The van der Waals surface area contributed by atoms with Gasteiger partial charge in [0, 0.05) is 13.2 Å². The predicted molar refractivity (Wildman–Crippen MR) is 87.8 cm³/mol. The number of benzene rings is 1. The number of rotatable bonds is 10. The van der Waals surface area contributed by atoms with Gasteiger partial charge in [-0.15, -0.1) is 0 Å². The molecule has 0 fully saturated rings. The van der Waals surface area contributed by atoms with Gasteiger partial charge in [-0.05, 0) is 13.0 Å². The lowest BCUT2D eigenvalue weighted by Crippen LogP contribution is -2.72. The summed E-state index contributed by atoms with van der Waals surface area (Å²) in [6.07, 6.45) is -10.6. The van der Waals surface area contributed by atoms with Crippen LogP contribution in [0.5, 0.6) is 0 Å². The summed E-state index contributed by atoms with van der Waals surface area (Å²) in [6.45, 7) is 0.335. The molecule has 0 bridgehead atoms. The van der Waals surface area contributed by atoms with Gasteiger partial charge in [0.2, 0.25) is 0 Å². The van der Waals surface area contributed by atoms with Crippen LogP contribution in [0, 0.1) is 10.1 Å². The molecule has 1 aromatic rings. The molecule has 0 saturated carbocycles. The summed E-state index contributed by atoms with van der Waals surface area (Å²) in [5.41, 5.74) is -5.30. The third-order valence-corrected chi connectivity index (χ3v) is 5.07. The minimum atomic E-state index is -8.42. The van der Waals surface area contributed by atoms with Crippen LogP contribution in [0.1, 0.15) is 18.9 Å². The van der Waals surface area contributed by atoms with Crippen LogP contribution >= 0.6 is 0 Å². The summed E-state index contributed by atoms with van der Waals surface area (Å²) >= 11 is 0. The molecule has 4 nitrogen and oxygen atoms in total. The highest BCUT2D eigenvalue weighted by Crippen LogP contribution is 2.63. The topological polar surface area (TPSA) is 52.4 Å². The summed E-state index contributed by atoms with van der Waals surface area (Å²) in [5.74, 6) is -47.5. The molecule has 0 N–H and O–H groups in total. The van der Waals surface area contributed by atoms with Crippen LogP contribution in [0.2, 0.25) is 0 Å². The summed E-state index contributed by atoms with van der Waals surface area (Å²) < 4.78 is 205. The lowest BCUT2D eigenvalue weighted by molar-refractivity contribution is -0.453. The SMILES string of the molecule is COC(C)(CC(F)(F)C(F)(F)C(F)(F)C(F)(F)C(F)(F)C(F)(F)C(F)(F)F)c1ccccc1[N+](=O)[O-]. The Hall–Kier alpha value is -2.47. The van der Waals surface area contributed by atoms with E-state index in [0.717, 1.165) is 12.1 Å². The van der Waals surface area contributed by atoms with Crippen molar-refractivity contribution in [1.29, 1.82) is 0 Å². The second kappa shape index (κ2) is 8.83. The van der Waals surface area contributed by atoms with E-state index in [0.29, 0.717) is 26.2 Å². The smallest absolute Gasteiger partial charge is 0.373 e. The molecule has 1 rings (SSSR count). The Morgan fingerprint density at radius 2 is 1.11 bits per heavy atom. The van der Waals surface area contributed by atoms with E-state index in [1.165, 1.54) is 0 Å². The molecule has 19 heteroatoms. The van der Waals surface area contributed by atoms with Gasteiger partial charge in [0.1, 0.15) is 5.60 Å². The minimum Gasteiger partial charge on any atom is -0.373 e. The van der Waals surface area contributed by atoms with Crippen LogP contribution in [-0.2, 0) is 10.3 Å². The van der Waals surface area contributed by atoms with Crippen LogP contribution in [-0.4, -0.2) is 53.7 Å². The molecule has 0 saturated heterocycles. The molecule has 0 aliphatic carbocycles. The van der Waals surface area contributed by atoms with E-state index >= 15 is 0 Å². The average molecular weight is 563 g/mol. The molecule has 0 heterocycles. The van der Waals surface area contributed by atoms with Crippen molar-refractivity contribution in [3.8, 4) is 0 Å². The van der Waals surface area contributed by atoms with Gasteiger partial charge in [0.05, 0.1) is 16.9 Å². The third kappa shape index (κ3) is 4.42. The molecule has 1 aromatic carbocycles. The van der Waals surface area contributed by atoms with Gasteiger partial charge in [-0.2, -0.15) is 65.9 Å². The van der Waals surface area contributed by atoms with Gasteiger partial charge in [-0.1, -0.05) is 12.1 Å². The molecule has 0 aliphatic heterocycles. The first-order chi connectivity index (χ1) is 15.7. The minimum absolute atomic E-state index is 0.335. The number of para-hydroxylation sites is 1. The van der Waals surface area contributed by atoms with Gasteiger partial charge in [-0.3, -0.25) is 10.1 Å². The molecule has 0 spiro atoms. The quantitative estimate of drug-likeness (QED) is 0.172. The van der Waals surface area contributed by atoms with Gasteiger partial charge >= 0.3 is 41.7 Å². The van der Waals surface area contributed by atoms with Crippen LogP contribution < -0.4 is 0 Å². The summed E-state index contributed by atoms with van der Waals surface area (Å²) in [4.78, 5) is 9.79. The molecule has 1 unspecified atom stereocenters. The van der Waals surface area contributed by atoms with Crippen molar-refractivity contribution < 1.29 is 75.5 Å². The Balaban J connectivity index is 3.68. The van der Waals surface area contributed by atoms with Crippen LogP contribution in [0.4, 0.5) is 71.5 Å². The lowest BCUT2D eigenvalue weighted by atomic mass is 9.83. The molecular weight excluding hydrogens is 551 g/mol. The number of nitro groups is 1. The molecule has 208 valence electrons. The predicted octanol–water partition coefficient (Wildman–Crippen LogP) is 7.22. The van der Waals surface area contributed by atoms with Crippen molar-refractivity contribution in [1.82, 2.24) is 0 Å². The first kappa shape index (κ1) is 31.6. The van der Waals surface area contributed by atoms with Gasteiger partial charge in [-0.25, -0.2) is 0 Å². The molecule has 0 aromatic heterocycles. The van der Waals surface area contributed by atoms with Crippen molar-refractivity contribution in [3.63, 3.8) is 0 Å². The first-order valence-corrected chi connectivity index (χ1v) is 8.82. The highest BCUT2D eigenvalue weighted by atomic mass is 19.4. The number of methoxy groups -OCH3 is 1. The van der Waals surface area contributed by atoms with E-state index < -0.39 is 69.9 Å². The molecule has 0 aliphatic rings. The number of nitrogens with zero attached hydrogens (tertiary/aromatic N) is 1. The number of ether oxygens (including phenoxy) is 1. The maximum absolute atomic E-state index is 14.4. The zero-order valence-corrected chi connectivity index (χ0v) is 17.4. The maximum atomic E-state index is 14.4. The maximum Gasteiger partial charge on any atom is 0.460 e. The third-order valence-electron chi connectivity index (χ3n) is 5.07. The van der Waals surface area contributed by atoms with E-state index in [-0.39, 0.29) is 0 Å². The molecule has 1 atom stereocenters. The summed E-state index contributed by atoms with van der Waals surface area (Å²) in [6, 6.07) is 2.96. The fourth-order valence-electron chi connectivity index (χ4n) is 2.89. The van der Waals surface area contributed by atoms with Gasteiger partial charge in [0.25, 0.3) is 5.69 Å². The molecular formula is C17H12F15NO3. The van der Waals surface area contributed by atoms with Crippen LogP contribution in [0.25, 0.3) is 0 Å². The number of hydrogen-bond acceptors (Lipinski definition) is 3. The van der Waals surface area contributed by atoms with Crippen molar-refractivity contribution in [2.45, 2.75) is 60.7 Å². The number of alkyl halides is 15. The first-order valence-electron chi connectivity index (χ1n) is 8.82. The monoisotopic (exact) mass is 563 g/mol. The largest absolute Gasteiger partial charge is 0.460 e. The van der Waals surface area contributed by atoms with Crippen molar-refractivity contribution in [3.05, 3.63) is 39.9 Å². The van der Waals surface area contributed by atoms with E-state index in [1.807, 2.05) is 0 Å². The van der Waals surface area contributed by atoms with E-state index in [1.54, 1.807) is 0 Å². The van der Waals surface area contributed by atoms with E-state index in [9.17, 15) is 76.0 Å². The number of hydrogen-bond donors (Lipinski definition) is 0. The standard InChI is InChI=1S/C17H12F15NO3/c1-10(36-2,8-5-3-4-6-9(8)33(34)35)7-11(18,19)12(20,21)13(22,23)14(24,25)15(26,27)16(28,29)17(30,31)32/h3-6H,7H2,1-2H3. The van der Waals surface area contributed by atoms with E-state index in [2.05, 4.69) is 4.74 Å². The zero-order valence-electron chi connectivity index (χ0n) is 17.4. The van der Waals surface area contributed by atoms with Crippen molar-refractivity contribution in [2.75, 3.05) is 7.11 Å². The molecule has 36 heavy (non-hydrogen) atoms. The second-order valence-corrected chi connectivity index (χ2v) is 7.46. The Morgan fingerprint density at radius 1 is 0.722 bits per heavy atom. The lowest BCUT2D eigenvalue weighted by Gasteiger charge is -2.43. The number of nitro benzene ring substituents is 1. The van der Waals surface area contributed by atoms with Crippen molar-refractivity contribution in [2.24, 2.45) is 0 Å². The Bertz CT molecular complexity index is 976. The Morgan fingerprint density at radius 3 is 1.50 bits per heavy atom. The van der Waals surface area contributed by atoms with Gasteiger partial charge < -0.3 is 4.74 Å². The average Bonchev–Trinajstić information content (AvgIpc) is 2.71. The Kier molecular flexibility index (Phi) is 7.74. The molecule has 0 radical (unpaired) electrons. The highest BCUT2D eigenvalue weighted by molar-refractivity contribution is 5.44.